The van der Waals surface area contributed by atoms with Crippen molar-refractivity contribution in [1.29, 1.82) is 0 Å². The number of carbonyl (C=O) groups is 1. The summed E-state index contributed by atoms with van der Waals surface area (Å²) in [6, 6.07) is 8.23. The van der Waals surface area contributed by atoms with Gasteiger partial charge in [-0.2, -0.15) is 11.8 Å². The van der Waals surface area contributed by atoms with Gasteiger partial charge in [0.2, 0.25) is 0 Å². The number of carbonyl (C=O) groups excluding carboxylic acids is 1. The van der Waals surface area contributed by atoms with E-state index in [0.717, 1.165) is 23.1 Å². The van der Waals surface area contributed by atoms with Crippen LogP contribution < -0.4 is 0 Å². The molecule has 0 N–H and O–H groups in total. The van der Waals surface area contributed by atoms with E-state index in [1.807, 2.05) is 36.0 Å². The Kier molecular flexibility index (Phi) is 5.48. The lowest BCUT2D eigenvalue weighted by Crippen LogP contribution is -2.45. The molecule has 2 atom stereocenters. The zero-order chi connectivity index (χ0) is 13.8. The highest BCUT2D eigenvalue weighted by Gasteiger charge is 2.25. The van der Waals surface area contributed by atoms with Crippen molar-refractivity contribution in [2.75, 3.05) is 18.8 Å². The van der Waals surface area contributed by atoms with Gasteiger partial charge in [-0.15, -0.1) is 0 Å². The molecule has 0 amide bonds. The minimum atomic E-state index is 0.227. The number of Topliss-reactive ketones (excluding diaryl/α,β-unsaturated/α-hetero) is 1. The summed E-state index contributed by atoms with van der Waals surface area (Å²) in [7, 11) is 0. The fraction of sp³-hybridized carbons (Fsp3) is 0.533. The summed E-state index contributed by atoms with van der Waals surface area (Å²) in [4.78, 5) is 14.7. The smallest absolute Gasteiger partial charge is 0.165 e. The summed E-state index contributed by atoms with van der Waals surface area (Å²) < 4.78 is 0.899. The van der Waals surface area contributed by atoms with Gasteiger partial charge in [0, 0.05) is 46.6 Å². The van der Waals surface area contributed by atoms with Crippen LogP contribution in [0.1, 0.15) is 30.6 Å². The maximum absolute atomic E-state index is 12.2. The second-order valence-electron chi connectivity index (χ2n) is 5.01. The van der Waals surface area contributed by atoms with Crippen molar-refractivity contribution in [2.45, 2.75) is 31.6 Å². The van der Waals surface area contributed by atoms with E-state index in [1.165, 1.54) is 5.75 Å². The molecule has 1 aromatic carbocycles. The molecule has 2 nitrogen and oxygen atoms in total. The highest BCUT2D eigenvalue weighted by molar-refractivity contribution is 9.10. The number of hydrogen-bond acceptors (Lipinski definition) is 3. The molecule has 0 aliphatic carbocycles. The van der Waals surface area contributed by atoms with Gasteiger partial charge in [-0.3, -0.25) is 9.69 Å². The number of thioether (sulfide) groups is 1. The Bertz CT molecular complexity index is 452. The predicted molar refractivity (Wildman–Crippen MR) is 86.0 cm³/mol. The van der Waals surface area contributed by atoms with E-state index in [4.69, 9.17) is 0 Å². The fourth-order valence-electron chi connectivity index (χ4n) is 2.38. The van der Waals surface area contributed by atoms with Crippen molar-refractivity contribution in [2.24, 2.45) is 0 Å². The average molecular weight is 342 g/mol. The molecule has 0 bridgehead atoms. The third-order valence-electron chi connectivity index (χ3n) is 3.81. The van der Waals surface area contributed by atoms with Crippen molar-refractivity contribution >= 4 is 33.5 Å². The monoisotopic (exact) mass is 341 g/mol. The van der Waals surface area contributed by atoms with Crippen LogP contribution in [0.5, 0.6) is 0 Å². The van der Waals surface area contributed by atoms with Gasteiger partial charge in [-0.05, 0) is 13.0 Å². The molecule has 0 saturated carbocycles. The lowest BCUT2D eigenvalue weighted by molar-refractivity contribution is 0.0953. The lowest BCUT2D eigenvalue weighted by atomic mass is 10.1. The first-order chi connectivity index (χ1) is 9.09. The van der Waals surface area contributed by atoms with Crippen LogP contribution >= 0.6 is 27.7 Å². The molecule has 0 spiro atoms. The minimum Gasteiger partial charge on any atom is -0.298 e. The maximum Gasteiger partial charge on any atom is 0.165 e. The summed E-state index contributed by atoms with van der Waals surface area (Å²) in [5.74, 6) is 1.40. The third kappa shape index (κ3) is 3.83. The summed E-state index contributed by atoms with van der Waals surface area (Å²) in [5, 5.41) is 0.660. The second-order valence-corrected chi connectivity index (χ2v) is 7.34. The van der Waals surface area contributed by atoms with Crippen LogP contribution in [0.3, 0.4) is 0 Å². The van der Waals surface area contributed by atoms with Gasteiger partial charge in [0.15, 0.2) is 5.78 Å². The van der Waals surface area contributed by atoms with Crippen LogP contribution in [0.15, 0.2) is 28.7 Å². The molecule has 1 heterocycles. The summed E-state index contributed by atoms with van der Waals surface area (Å²) in [5.41, 5.74) is 0.801. The van der Waals surface area contributed by atoms with Gasteiger partial charge in [0.05, 0.1) is 0 Å². The first-order valence-electron chi connectivity index (χ1n) is 6.73. The Hall–Kier alpha value is -0.320. The van der Waals surface area contributed by atoms with Crippen LogP contribution in [0, 0.1) is 0 Å². The Balaban J connectivity index is 1.92. The SMILES string of the molecule is CC1SCCN(CCC(=O)c2ccccc2Br)C1C. The Morgan fingerprint density at radius 2 is 2.16 bits per heavy atom. The molecule has 0 radical (unpaired) electrons. The topological polar surface area (TPSA) is 20.3 Å². The van der Waals surface area contributed by atoms with Crippen molar-refractivity contribution in [1.82, 2.24) is 4.90 Å². The molecule has 104 valence electrons. The molecule has 2 rings (SSSR count). The molecule has 1 aliphatic rings. The zero-order valence-corrected chi connectivity index (χ0v) is 13.8. The van der Waals surface area contributed by atoms with Gasteiger partial charge in [0.25, 0.3) is 0 Å². The van der Waals surface area contributed by atoms with Crippen molar-refractivity contribution in [3.63, 3.8) is 0 Å². The van der Waals surface area contributed by atoms with Gasteiger partial charge in [0.1, 0.15) is 0 Å². The largest absolute Gasteiger partial charge is 0.298 e. The van der Waals surface area contributed by atoms with Crippen LogP contribution in [-0.4, -0.2) is 40.8 Å². The molecule has 1 aliphatic heterocycles. The van der Waals surface area contributed by atoms with Crippen LogP contribution in [0.4, 0.5) is 0 Å². The molecule has 1 fully saturated rings. The molecule has 2 unspecified atom stereocenters. The first-order valence-corrected chi connectivity index (χ1v) is 8.57. The van der Waals surface area contributed by atoms with E-state index in [2.05, 4.69) is 34.7 Å². The normalized spacial score (nSPS) is 24.4. The Morgan fingerprint density at radius 3 is 2.89 bits per heavy atom. The molecule has 0 aromatic heterocycles. The summed E-state index contributed by atoms with van der Waals surface area (Å²) in [6.07, 6.45) is 0.602. The third-order valence-corrected chi connectivity index (χ3v) is 5.84. The van der Waals surface area contributed by atoms with Crippen molar-refractivity contribution < 1.29 is 4.79 Å². The molecular formula is C15H20BrNOS. The van der Waals surface area contributed by atoms with E-state index in [9.17, 15) is 4.79 Å². The maximum atomic E-state index is 12.2. The van der Waals surface area contributed by atoms with E-state index in [0.29, 0.717) is 17.7 Å². The molecule has 4 heteroatoms. The van der Waals surface area contributed by atoms with Gasteiger partial charge in [-0.25, -0.2) is 0 Å². The number of rotatable bonds is 4. The number of halogens is 1. The second kappa shape index (κ2) is 6.91. The molecule has 1 aromatic rings. The average Bonchev–Trinajstić information content (AvgIpc) is 2.40. The van der Waals surface area contributed by atoms with Gasteiger partial charge >= 0.3 is 0 Å². The minimum absolute atomic E-state index is 0.227. The highest BCUT2D eigenvalue weighted by Crippen LogP contribution is 2.25. The quantitative estimate of drug-likeness (QED) is 0.776. The number of hydrogen-bond donors (Lipinski definition) is 0. The van der Waals surface area contributed by atoms with E-state index in [1.54, 1.807) is 0 Å². The van der Waals surface area contributed by atoms with E-state index >= 15 is 0 Å². The highest BCUT2D eigenvalue weighted by atomic mass is 79.9. The first kappa shape index (κ1) is 15.1. The van der Waals surface area contributed by atoms with Gasteiger partial charge in [-0.1, -0.05) is 41.1 Å². The number of ketones is 1. The fourth-order valence-corrected chi connectivity index (χ4v) is 4.05. The zero-order valence-electron chi connectivity index (χ0n) is 11.4. The van der Waals surface area contributed by atoms with Crippen LogP contribution in [-0.2, 0) is 0 Å². The van der Waals surface area contributed by atoms with Crippen molar-refractivity contribution in [3.05, 3.63) is 34.3 Å². The summed E-state index contributed by atoms with van der Waals surface area (Å²) in [6.45, 7) is 6.50. The number of nitrogens with zero attached hydrogens (tertiary/aromatic N) is 1. The van der Waals surface area contributed by atoms with E-state index in [-0.39, 0.29) is 5.78 Å². The van der Waals surface area contributed by atoms with E-state index < -0.39 is 0 Å². The number of benzene rings is 1. The molecule has 1 saturated heterocycles. The predicted octanol–water partition coefficient (Wildman–Crippen LogP) is 3.85. The molecular weight excluding hydrogens is 322 g/mol. The van der Waals surface area contributed by atoms with Gasteiger partial charge < -0.3 is 0 Å². The van der Waals surface area contributed by atoms with Crippen LogP contribution in [0.2, 0.25) is 0 Å². The lowest BCUT2D eigenvalue weighted by Gasteiger charge is -2.37. The Morgan fingerprint density at radius 1 is 1.42 bits per heavy atom. The van der Waals surface area contributed by atoms with Crippen LogP contribution in [0.25, 0.3) is 0 Å². The van der Waals surface area contributed by atoms with Crippen molar-refractivity contribution in [3.8, 4) is 0 Å². The molecule has 19 heavy (non-hydrogen) atoms. The Labute approximate surface area is 128 Å². The summed E-state index contributed by atoms with van der Waals surface area (Å²) >= 11 is 5.48. The standard InChI is InChI=1S/C15H20BrNOS/c1-11-12(2)19-10-9-17(11)8-7-15(18)13-5-3-4-6-14(13)16/h3-6,11-12H,7-10H2,1-2H3.